The molecule has 1 heterocycles. The SMILES string of the molecule is CN(CCc1ccccc1)C[C@@H]1OC[C@H](NS(=O)(=O)c2cccc(C#N)c2)[C@H]1O. The van der Waals surface area contributed by atoms with Crippen molar-refractivity contribution < 1.29 is 18.3 Å². The lowest BCUT2D eigenvalue weighted by Gasteiger charge is -2.23. The molecule has 3 rings (SSSR count). The van der Waals surface area contributed by atoms with Crippen molar-refractivity contribution in [3.63, 3.8) is 0 Å². The van der Waals surface area contributed by atoms with Gasteiger partial charge in [-0.05, 0) is 37.2 Å². The van der Waals surface area contributed by atoms with E-state index < -0.39 is 28.3 Å². The molecule has 0 aromatic heterocycles. The minimum absolute atomic E-state index is 0.00724. The van der Waals surface area contributed by atoms with Gasteiger partial charge in [-0.2, -0.15) is 5.26 Å². The summed E-state index contributed by atoms with van der Waals surface area (Å²) >= 11 is 0. The van der Waals surface area contributed by atoms with Crippen LogP contribution in [0.4, 0.5) is 0 Å². The smallest absolute Gasteiger partial charge is 0.241 e. The number of aliphatic hydroxyl groups excluding tert-OH is 1. The number of nitrogens with zero attached hydrogens (tertiary/aromatic N) is 2. The third-order valence-electron chi connectivity index (χ3n) is 4.98. The average Bonchev–Trinajstić information content (AvgIpc) is 3.06. The van der Waals surface area contributed by atoms with E-state index in [1.54, 1.807) is 0 Å². The van der Waals surface area contributed by atoms with Gasteiger partial charge in [0.1, 0.15) is 0 Å². The van der Waals surface area contributed by atoms with Gasteiger partial charge in [0.15, 0.2) is 0 Å². The number of hydrogen-bond acceptors (Lipinski definition) is 6. The minimum atomic E-state index is -3.86. The van der Waals surface area contributed by atoms with Gasteiger partial charge in [0.25, 0.3) is 0 Å². The number of hydrogen-bond donors (Lipinski definition) is 2. The molecule has 29 heavy (non-hydrogen) atoms. The highest BCUT2D eigenvalue weighted by molar-refractivity contribution is 7.89. The lowest BCUT2D eigenvalue weighted by molar-refractivity contribution is 0.0207. The molecule has 0 unspecified atom stereocenters. The first-order valence-corrected chi connectivity index (χ1v) is 10.9. The van der Waals surface area contributed by atoms with Gasteiger partial charge in [-0.25, -0.2) is 13.1 Å². The maximum Gasteiger partial charge on any atom is 0.241 e. The molecule has 8 heteroatoms. The fraction of sp³-hybridized carbons (Fsp3) is 0.381. The Bertz CT molecular complexity index is 959. The van der Waals surface area contributed by atoms with E-state index in [-0.39, 0.29) is 17.1 Å². The topological polar surface area (TPSA) is 103 Å². The van der Waals surface area contributed by atoms with Crippen molar-refractivity contribution in [3.8, 4) is 6.07 Å². The summed E-state index contributed by atoms with van der Waals surface area (Å²) in [6, 6.07) is 17.1. The molecule has 1 aliphatic heterocycles. The summed E-state index contributed by atoms with van der Waals surface area (Å²) in [5.74, 6) is 0. The molecular weight excluding hydrogens is 390 g/mol. The van der Waals surface area contributed by atoms with Crippen molar-refractivity contribution >= 4 is 10.0 Å². The molecule has 1 fully saturated rings. The van der Waals surface area contributed by atoms with E-state index >= 15 is 0 Å². The van der Waals surface area contributed by atoms with E-state index in [2.05, 4.69) is 21.8 Å². The number of benzene rings is 2. The fourth-order valence-electron chi connectivity index (χ4n) is 3.31. The predicted molar refractivity (Wildman–Crippen MR) is 109 cm³/mol. The second-order valence-corrected chi connectivity index (χ2v) is 8.94. The van der Waals surface area contributed by atoms with Crippen molar-refractivity contribution in [3.05, 3.63) is 65.7 Å². The van der Waals surface area contributed by atoms with Gasteiger partial charge >= 0.3 is 0 Å². The molecule has 0 radical (unpaired) electrons. The normalized spacial score (nSPS) is 21.9. The largest absolute Gasteiger partial charge is 0.389 e. The number of rotatable bonds is 8. The molecule has 0 saturated carbocycles. The second kappa shape index (κ2) is 9.48. The monoisotopic (exact) mass is 415 g/mol. The molecule has 0 amide bonds. The zero-order valence-corrected chi connectivity index (χ0v) is 17.0. The zero-order chi connectivity index (χ0) is 20.9. The Kier molecular flexibility index (Phi) is 7.00. The van der Waals surface area contributed by atoms with Gasteiger partial charge in [-0.3, -0.25) is 0 Å². The van der Waals surface area contributed by atoms with Crippen LogP contribution in [0.25, 0.3) is 0 Å². The number of likely N-dealkylation sites (N-methyl/N-ethyl adjacent to an activating group) is 1. The van der Waals surface area contributed by atoms with Crippen LogP contribution in [0, 0.1) is 11.3 Å². The summed E-state index contributed by atoms with van der Waals surface area (Å²) in [5.41, 5.74) is 1.49. The Hall–Kier alpha value is -2.28. The number of nitriles is 1. The van der Waals surface area contributed by atoms with Crippen molar-refractivity contribution in [2.75, 3.05) is 26.7 Å². The highest BCUT2D eigenvalue weighted by Crippen LogP contribution is 2.19. The van der Waals surface area contributed by atoms with Crippen LogP contribution >= 0.6 is 0 Å². The Morgan fingerprint density at radius 2 is 2.00 bits per heavy atom. The van der Waals surface area contributed by atoms with E-state index in [9.17, 15) is 13.5 Å². The number of aliphatic hydroxyl groups is 1. The van der Waals surface area contributed by atoms with Crippen molar-refractivity contribution in [1.29, 1.82) is 5.26 Å². The molecule has 0 bridgehead atoms. The van der Waals surface area contributed by atoms with Gasteiger partial charge in [0.2, 0.25) is 10.0 Å². The van der Waals surface area contributed by atoms with Crippen LogP contribution in [0.5, 0.6) is 0 Å². The third-order valence-corrected chi connectivity index (χ3v) is 6.47. The molecule has 2 N–H and O–H groups in total. The van der Waals surface area contributed by atoms with Crippen molar-refractivity contribution in [2.24, 2.45) is 0 Å². The van der Waals surface area contributed by atoms with Crippen LogP contribution in [-0.4, -0.2) is 63.4 Å². The number of ether oxygens (including phenoxy) is 1. The van der Waals surface area contributed by atoms with E-state index in [0.29, 0.717) is 6.54 Å². The summed E-state index contributed by atoms with van der Waals surface area (Å²) < 4.78 is 33.3. The van der Waals surface area contributed by atoms with E-state index in [1.807, 2.05) is 31.3 Å². The number of sulfonamides is 1. The summed E-state index contributed by atoms with van der Waals surface area (Å²) in [7, 11) is -1.91. The first kappa shape index (κ1) is 21.4. The fourth-order valence-corrected chi connectivity index (χ4v) is 4.59. The minimum Gasteiger partial charge on any atom is -0.389 e. The van der Waals surface area contributed by atoms with Crippen molar-refractivity contribution in [1.82, 2.24) is 9.62 Å². The third kappa shape index (κ3) is 5.63. The molecule has 1 saturated heterocycles. The molecule has 3 atom stereocenters. The maximum absolute atomic E-state index is 12.6. The molecule has 2 aromatic rings. The molecular formula is C21H25N3O4S. The number of nitrogens with one attached hydrogen (secondary N) is 1. The van der Waals surface area contributed by atoms with E-state index in [0.717, 1.165) is 13.0 Å². The Morgan fingerprint density at radius 3 is 2.72 bits per heavy atom. The first-order valence-electron chi connectivity index (χ1n) is 9.43. The second-order valence-electron chi connectivity index (χ2n) is 7.23. The standard InChI is InChI=1S/C21H25N3O4S/c1-24(11-10-16-6-3-2-4-7-16)14-20-21(25)19(15-28-20)23-29(26,27)18-9-5-8-17(12-18)13-22/h2-9,12,19-21,23,25H,10-11,14-15H2,1H3/t19-,20-,21+/m0/s1. The van der Waals surface area contributed by atoms with Crippen LogP contribution in [0.1, 0.15) is 11.1 Å². The highest BCUT2D eigenvalue weighted by atomic mass is 32.2. The van der Waals surface area contributed by atoms with Gasteiger partial charge in [-0.15, -0.1) is 0 Å². The molecule has 7 nitrogen and oxygen atoms in total. The summed E-state index contributed by atoms with van der Waals surface area (Å²) in [6.45, 7) is 1.39. The molecule has 0 aliphatic carbocycles. The van der Waals surface area contributed by atoms with Gasteiger partial charge < -0.3 is 14.7 Å². The molecule has 0 spiro atoms. The van der Waals surface area contributed by atoms with Gasteiger partial charge in [0.05, 0.1) is 41.4 Å². The van der Waals surface area contributed by atoms with Crippen LogP contribution in [0.3, 0.4) is 0 Å². The predicted octanol–water partition coefficient (Wildman–Crippen LogP) is 1.14. The summed E-state index contributed by atoms with van der Waals surface area (Å²) in [4.78, 5) is 2.06. The van der Waals surface area contributed by atoms with Crippen LogP contribution in [0.15, 0.2) is 59.5 Å². The zero-order valence-electron chi connectivity index (χ0n) is 16.2. The molecule has 2 aromatic carbocycles. The van der Waals surface area contributed by atoms with Crippen molar-refractivity contribution in [2.45, 2.75) is 29.6 Å². The quantitative estimate of drug-likeness (QED) is 0.670. The summed E-state index contributed by atoms with van der Waals surface area (Å²) in [5, 5.41) is 19.5. The highest BCUT2D eigenvalue weighted by Gasteiger charge is 2.38. The van der Waals surface area contributed by atoms with Crippen LogP contribution in [0.2, 0.25) is 0 Å². The van der Waals surface area contributed by atoms with Gasteiger partial charge in [-0.1, -0.05) is 36.4 Å². The van der Waals surface area contributed by atoms with Crippen LogP contribution in [-0.2, 0) is 21.2 Å². The maximum atomic E-state index is 12.6. The van der Waals surface area contributed by atoms with E-state index in [1.165, 1.54) is 29.8 Å². The van der Waals surface area contributed by atoms with E-state index in [4.69, 9.17) is 10.00 Å². The lowest BCUT2D eigenvalue weighted by Crippen LogP contribution is -2.46. The van der Waals surface area contributed by atoms with Crippen LogP contribution < -0.4 is 4.72 Å². The summed E-state index contributed by atoms with van der Waals surface area (Å²) in [6.07, 6.45) is -0.553. The molecule has 154 valence electrons. The lowest BCUT2D eigenvalue weighted by atomic mass is 10.1. The first-order chi connectivity index (χ1) is 13.9. The molecule has 1 aliphatic rings. The van der Waals surface area contributed by atoms with Gasteiger partial charge in [0, 0.05) is 13.1 Å². The Labute approximate surface area is 171 Å². The Morgan fingerprint density at radius 1 is 1.24 bits per heavy atom. The Balaban J connectivity index is 1.55. The average molecular weight is 416 g/mol.